The fourth-order valence-corrected chi connectivity index (χ4v) is 3.34. The van der Waals surface area contributed by atoms with E-state index in [1.54, 1.807) is 0 Å². The van der Waals surface area contributed by atoms with Gasteiger partial charge in [0.15, 0.2) is 0 Å². The summed E-state index contributed by atoms with van der Waals surface area (Å²) in [6, 6.07) is 29.8. The minimum Gasteiger partial charge on any atom is -0.465 e. The van der Waals surface area contributed by atoms with Crippen LogP contribution in [0.4, 0.5) is 0 Å². The van der Waals surface area contributed by atoms with Crippen molar-refractivity contribution in [3.63, 3.8) is 0 Å². The Morgan fingerprint density at radius 3 is 1.59 bits per heavy atom. The topological polar surface area (TPSA) is 42.1 Å². The van der Waals surface area contributed by atoms with E-state index in [9.17, 15) is 4.79 Å². The van der Waals surface area contributed by atoms with Crippen LogP contribution >= 0.6 is 0 Å². The Hall–Kier alpha value is -3.59. The number of nitrogens with one attached hydrogen (secondary N) is 1. The molecule has 1 heterocycles. The van der Waals surface area contributed by atoms with E-state index in [0.29, 0.717) is 5.56 Å². The number of ether oxygens (including phenoxy) is 1. The Morgan fingerprint density at radius 1 is 0.667 bits per heavy atom. The first-order chi connectivity index (χ1) is 13.3. The molecule has 0 aliphatic carbocycles. The number of carbonyl (C=O) groups is 1. The summed E-state index contributed by atoms with van der Waals surface area (Å²) in [4.78, 5) is 16.3. The SMILES string of the molecule is COC(=O)c1c(-c2ccccc2)[nH]c(-c2ccccc2)c1-c1ccccc1. The van der Waals surface area contributed by atoms with Gasteiger partial charge in [0.1, 0.15) is 0 Å². The lowest BCUT2D eigenvalue weighted by Crippen LogP contribution is -2.03. The highest BCUT2D eigenvalue weighted by molar-refractivity contribution is 6.07. The number of hydrogen-bond acceptors (Lipinski definition) is 2. The monoisotopic (exact) mass is 353 g/mol. The number of aromatic nitrogens is 1. The van der Waals surface area contributed by atoms with Gasteiger partial charge < -0.3 is 9.72 Å². The number of hydrogen-bond donors (Lipinski definition) is 1. The Morgan fingerprint density at radius 2 is 1.11 bits per heavy atom. The van der Waals surface area contributed by atoms with Gasteiger partial charge in [-0.15, -0.1) is 0 Å². The third-order valence-corrected chi connectivity index (χ3v) is 4.58. The Kier molecular flexibility index (Phi) is 4.58. The Bertz CT molecular complexity index is 1050. The van der Waals surface area contributed by atoms with Gasteiger partial charge in [-0.25, -0.2) is 4.79 Å². The highest BCUT2D eigenvalue weighted by Crippen LogP contribution is 2.40. The molecule has 0 saturated heterocycles. The molecular weight excluding hydrogens is 334 g/mol. The maximum Gasteiger partial charge on any atom is 0.340 e. The van der Waals surface area contributed by atoms with Crippen molar-refractivity contribution in [2.45, 2.75) is 0 Å². The van der Waals surface area contributed by atoms with Crippen molar-refractivity contribution in [1.29, 1.82) is 0 Å². The fraction of sp³-hybridized carbons (Fsp3) is 0.0417. The van der Waals surface area contributed by atoms with Crippen LogP contribution in [0.2, 0.25) is 0 Å². The van der Waals surface area contributed by atoms with Crippen molar-refractivity contribution in [3.8, 4) is 33.6 Å². The number of esters is 1. The molecule has 3 aromatic carbocycles. The number of H-pyrrole nitrogens is 1. The third kappa shape index (κ3) is 3.15. The molecule has 0 saturated carbocycles. The van der Waals surface area contributed by atoms with Crippen LogP contribution in [-0.2, 0) is 4.74 Å². The van der Waals surface area contributed by atoms with Crippen molar-refractivity contribution >= 4 is 5.97 Å². The summed E-state index contributed by atoms with van der Waals surface area (Å²) < 4.78 is 5.15. The molecule has 0 atom stereocenters. The highest BCUT2D eigenvalue weighted by Gasteiger charge is 2.26. The van der Waals surface area contributed by atoms with Crippen LogP contribution in [0, 0.1) is 0 Å². The molecule has 0 fully saturated rings. The van der Waals surface area contributed by atoms with Crippen LogP contribution in [0.5, 0.6) is 0 Å². The lowest BCUT2D eigenvalue weighted by Gasteiger charge is -2.08. The van der Waals surface area contributed by atoms with Crippen molar-refractivity contribution < 1.29 is 9.53 Å². The van der Waals surface area contributed by atoms with Crippen LogP contribution in [0.3, 0.4) is 0 Å². The van der Waals surface area contributed by atoms with Gasteiger partial charge in [-0.3, -0.25) is 0 Å². The van der Waals surface area contributed by atoms with Crippen LogP contribution in [0.1, 0.15) is 10.4 Å². The molecule has 4 aromatic rings. The van der Waals surface area contributed by atoms with Crippen LogP contribution < -0.4 is 0 Å². The van der Waals surface area contributed by atoms with Crippen molar-refractivity contribution in [2.24, 2.45) is 0 Å². The number of benzene rings is 3. The second-order valence-corrected chi connectivity index (χ2v) is 6.21. The Balaban J connectivity index is 2.07. The normalized spacial score (nSPS) is 10.6. The molecule has 132 valence electrons. The van der Waals surface area contributed by atoms with Gasteiger partial charge in [-0.2, -0.15) is 0 Å². The largest absolute Gasteiger partial charge is 0.465 e. The van der Waals surface area contributed by atoms with E-state index < -0.39 is 0 Å². The summed E-state index contributed by atoms with van der Waals surface area (Å²) in [6.07, 6.45) is 0. The first kappa shape index (κ1) is 16.9. The number of carbonyl (C=O) groups excluding carboxylic acids is 1. The van der Waals surface area contributed by atoms with Gasteiger partial charge in [0.05, 0.1) is 24.1 Å². The van der Waals surface area contributed by atoms with Gasteiger partial charge in [0.2, 0.25) is 0 Å². The molecule has 0 spiro atoms. The van der Waals surface area contributed by atoms with Crippen molar-refractivity contribution in [3.05, 3.63) is 96.6 Å². The minimum atomic E-state index is -0.355. The summed E-state index contributed by atoms with van der Waals surface area (Å²) in [5.74, 6) is -0.355. The molecular formula is C24H19NO2. The molecule has 3 heteroatoms. The van der Waals surface area contributed by atoms with Crippen molar-refractivity contribution in [2.75, 3.05) is 7.11 Å². The second-order valence-electron chi connectivity index (χ2n) is 6.21. The average molecular weight is 353 g/mol. The Labute approximate surface area is 158 Å². The molecule has 27 heavy (non-hydrogen) atoms. The van der Waals surface area contributed by atoms with Crippen molar-refractivity contribution in [1.82, 2.24) is 4.98 Å². The predicted molar refractivity (Wildman–Crippen MR) is 108 cm³/mol. The van der Waals surface area contributed by atoms with Crippen LogP contribution in [0.15, 0.2) is 91.0 Å². The summed E-state index contributed by atoms with van der Waals surface area (Å²) in [5, 5.41) is 0. The van der Waals surface area contributed by atoms with E-state index in [2.05, 4.69) is 4.98 Å². The van der Waals surface area contributed by atoms with E-state index in [4.69, 9.17) is 4.74 Å². The molecule has 0 aliphatic heterocycles. The number of methoxy groups -OCH3 is 1. The quantitative estimate of drug-likeness (QED) is 0.471. The molecule has 0 radical (unpaired) electrons. The van der Waals surface area contributed by atoms with Crippen LogP contribution in [0.25, 0.3) is 33.6 Å². The van der Waals surface area contributed by atoms with Gasteiger partial charge in [0, 0.05) is 5.56 Å². The zero-order chi connectivity index (χ0) is 18.6. The third-order valence-electron chi connectivity index (χ3n) is 4.58. The molecule has 4 rings (SSSR count). The molecule has 1 aromatic heterocycles. The van der Waals surface area contributed by atoms with Gasteiger partial charge in [0.25, 0.3) is 0 Å². The molecule has 0 bridgehead atoms. The predicted octanol–water partition coefficient (Wildman–Crippen LogP) is 5.80. The van der Waals surface area contributed by atoms with Gasteiger partial charge >= 0.3 is 5.97 Å². The first-order valence-corrected chi connectivity index (χ1v) is 8.80. The maximum absolute atomic E-state index is 12.8. The molecule has 0 unspecified atom stereocenters. The second kappa shape index (κ2) is 7.34. The summed E-state index contributed by atoms with van der Waals surface area (Å²) in [6.45, 7) is 0. The van der Waals surface area contributed by atoms with E-state index >= 15 is 0 Å². The van der Waals surface area contributed by atoms with E-state index in [0.717, 1.165) is 33.6 Å². The lowest BCUT2D eigenvalue weighted by atomic mass is 9.95. The summed E-state index contributed by atoms with van der Waals surface area (Å²) in [7, 11) is 1.42. The smallest absolute Gasteiger partial charge is 0.340 e. The average Bonchev–Trinajstić information content (AvgIpc) is 3.16. The van der Waals surface area contributed by atoms with Gasteiger partial charge in [-0.05, 0) is 16.7 Å². The zero-order valence-electron chi connectivity index (χ0n) is 15.0. The van der Waals surface area contributed by atoms with Crippen LogP contribution in [-0.4, -0.2) is 18.1 Å². The summed E-state index contributed by atoms with van der Waals surface area (Å²) in [5.41, 5.74) is 6.00. The molecule has 1 N–H and O–H groups in total. The summed E-state index contributed by atoms with van der Waals surface area (Å²) >= 11 is 0. The fourth-order valence-electron chi connectivity index (χ4n) is 3.34. The number of rotatable bonds is 4. The first-order valence-electron chi connectivity index (χ1n) is 8.80. The standard InChI is InChI=1S/C24H19NO2/c1-27-24(26)21-20(17-11-5-2-6-12-17)22(18-13-7-3-8-14-18)25-23(21)19-15-9-4-10-16-19/h2-16,25H,1H3. The minimum absolute atomic E-state index is 0.355. The molecule has 0 amide bonds. The highest BCUT2D eigenvalue weighted by atomic mass is 16.5. The van der Waals surface area contributed by atoms with E-state index in [1.807, 2.05) is 91.0 Å². The molecule has 3 nitrogen and oxygen atoms in total. The van der Waals surface area contributed by atoms with E-state index in [-0.39, 0.29) is 5.97 Å². The number of aromatic amines is 1. The zero-order valence-corrected chi connectivity index (χ0v) is 15.0. The maximum atomic E-state index is 12.8. The van der Waals surface area contributed by atoms with E-state index in [1.165, 1.54) is 7.11 Å². The molecule has 0 aliphatic rings. The van der Waals surface area contributed by atoms with Gasteiger partial charge in [-0.1, -0.05) is 91.0 Å². The lowest BCUT2D eigenvalue weighted by molar-refractivity contribution is 0.0602.